The Morgan fingerprint density at radius 1 is 1.60 bits per heavy atom. The average molecular weight is 210 g/mol. The maximum Gasteiger partial charge on any atom is 0.225 e. The first-order valence-electron chi connectivity index (χ1n) is 5.22. The van der Waals surface area contributed by atoms with Gasteiger partial charge in [0.2, 0.25) is 5.91 Å². The Morgan fingerprint density at radius 3 is 2.87 bits per heavy atom. The van der Waals surface area contributed by atoms with Crippen LogP contribution in [0.3, 0.4) is 0 Å². The average Bonchev–Trinajstić information content (AvgIpc) is 2.50. The van der Waals surface area contributed by atoms with Crippen molar-refractivity contribution in [1.82, 2.24) is 9.78 Å². The van der Waals surface area contributed by atoms with Crippen LogP contribution < -0.4 is 11.1 Å². The van der Waals surface area contributed by atoms with Gasteiger partial charge in [-0.05, 0) is 6.42 Å². The molecule has 0 aliphatic rings. The lowest BCUT2D eigenvalue weighted by Crippen LogP contribution is -2.15. The molecule has 0 radical (unpaired) electrons. The Balaban J connectivity index is 2.44. The summed E-state index contributed by atoms with van der Waals surface area (Å²) in [6, 6.07) is 0. The van der Waals surface area contributed by atoms with Gasteiger partial charge in [-0.2, -0.15) is 5.10 Å². The number of unbranched alkanes of at least 4 members (excludes halogenated alkanes) is 2. The van der Waals surface area contributed by atoms with Gasteiger partial charge in [0.15, 0.2) is 5.82 Å². The fraction of sp³-hybridized carbons (Fsp3) is 0.600. The van der Waals surface area contributed by atoms with Crippen LogP contribution in [-0.4, -0.2) is 15.7 Å². The van der Waals surface area contributed by atoms with E-state index < -0.39 is 0 Å². The molecule has 0 saturated carbocycles. The second-order valence-corrected chi connectivity index (χ2v) is 3.58. The third-order valence-corrected chi connectivity index (χ3v) is 2.23. The Bertz CT molecular complexity index is 313. The number of amides is 1. The van der Waals surface area contributed by atoms with Gasteiger partial charge in [0, 0.05) is 13.5 Å². The highest BCUT2D eigenvalue weighted by molar-refractivity contribution is 5.92. The maximum absolute atomic E-state index is 11.5. The third kappa shape index (κ3) is 3.27. The lowest BCUT2D eigenvalue weighted by molar-refractivity contribution is -0.116. The second-order valence-electron chi connectivity index (χ2n) is 3.58. The van der Waals surface area contributed by atoms with Crippen molar-refractivity contribution in [3.05, 3.63) is 6.20 Å². The van der Waals surface area contributed by atoms with Crippen LogP contribution in [0.4, 0.5) is 11.5 Å². The summed E-state index contributed by atoms with van der Waals surface area (Å²) in [7, 11) is 1.75. The van der Waals surface area contributed by atoms with Gasteiger partial charge in [-0.15, -0.1) is 0 Å². The molecule has 5 heteroatoms. The van der Waals surface area contributed by atoms with Crippen LogP contribution in [0.25, 0.3) is 0 Å². The predicted molar refractivity (Wildman–Crippen MR) is 60.4 cm³/mol. The van der Waals surface area contributed by atoms with E-state index >= 15 is 0 Å². The smallest absolute Gasteiger partial charge is 0.225 e. The maximum atomic E-state index is 11.5. The number of aryl methyl sites for hydroxylation is 1. The molecule has 84 valence electrons. The standard InChI is InChI=1S/C10H18N4O/c1-3-4-5-6-9(15)13-10-8(11)7-12-14(10)2/h7H,3-6,11H2,1-2H3,(H,13,15). The van der Waals surface area contributed by atoms with Crippen molar-refractivity contribution < 1.29 is 4.79 Å². The molecule has 0 bridgehead atoms. The van der Waals surface area contributed by atoms with Crippen molar-refractivity contribution in [2.45, 2.75) is 32.6 Å². The number of nitrogens with zero attached hydrogens (tertiary/aromatic N) is 2. The van der Waals surface area contributed by atoms with Crippen LogP contribution in [-0.2, 0) is 11.8 Å². The number of carbonyl (C=O) groups excluding carboxylic acids is 1. The molecule has 1 aromatic rings. The minimum Gasteiger partial charge on any atom is -0.394 e. The van der Waals surface area contributed by atoms with Crippen molar-refractivity contribution in [2.24, 2.45) is 7.05 Å². The van der Waals surface area contributed by atoms with E-state index in [9.17, 15) is 4.79 Å². The molecular weight excluding hydrogens is 192 g/mol. The first-order chi connectivity index (χ1) is 7.15. The molecule has 0 fully saturated rings. The minimum absolute atomic E-state index is 0.00116. The van der Waals surface area contributed by atoms with Crippen molar-refractivity contribution in [3.63, 3.8) is 0 Å². The molecule has 0 aliphatic heterocycles. The second kappa shape index (κ2) is 5.38. The summed E-state index contributed by atoms with van der Waals surface area (Å²) in [5.41, 5.74) is 6.15. The van der Waals surface area contributed by atoms with Crippen molar-refractivity contribution in [1.29, 1.82) is 0 Å². The van der Waals surface area contributed by atoms with E-state index in [0.717, 1.165) is 19.3 Å². The lowest BCUT2D eigenvalue weighted by atomic mass is 10.2. The summed E-state index contributed by atoms with van der Waals surface area (Å²) in [6.07, 6.45) is 5.18. The van der Waals surface area contributed by atoms with Crippen molar-refractivity contribution in [3.8, 4) is 0 Å². The van der Waals surface area contributed by atoms with Crippen molar-refractivity contribution in [2.75, 3.05) is 11.1 Å². The molecule has 15 heavy (non-hydrogen) atoms. The van der Waals surface area contributed by atoms with E-state index in [2.05, 4.69) is 17.3 Å². The molecule has 0 saturated heterocycles. The predicted octanol–water partition coefficient (Wildman–Crippen LogP) is 1.52. The molecule has 3 N–H and O–H groups in total. The summed E-state index contributed by atoms with van der Waals surface area (Å²) >= 11 is 0. The van der Waals surface area contributed by atoms with Crippen LogP contribution in [0.15, 0.2) is 6.20 Å². The van der Waals surface area contributed by atoms with Gasteiger partial charge in [-0.25, -0.2) is 0 Å². The first kappa shape index (κ1) is 11.6. The number of carbonyl (C=O) groups is 1. The van der Waals surface area contributed by atoms with Crippen molar-refractivity contribution >= 4 is 17.4 Å². The Morgan fingerprint density at radius 2 is 2.33 bits per heavy atom. The summed E-state index contributed by atoms with van der Waals surface area (Å²) in [6.45, 7) is 2.11. The molecule has 1 rings (SSSR count). The fourth-order valence-corrected chi connectivity index (χ4v) is 1.34. The van der Waals surface area contributed by atoms with E-state index in [1.807, 2.05) is 0 Å². The highest BCUT2D eigenvalue weighted by Crippen LogP contribution is 2.16. The summed E-state index contributed by atoms with van der Waals surface area (Å²) in [5.74, 6) is 0.579. The fourth-order valence-electron chi connectivity index (χ4n) is 1.34. The van der Waals surface area contributed by atoms with Crippen LogP contribution in [0.5, 0.6) is 0 Å². The molecule has 0 spiro atoms. The van der Waals surface area contributed by atoms with Crippen LogP contribution in [0, 0.1) is 0 Å². The number of nitrogens with one attached hydrogen (secondary N) is 1. The topological polar surface area (TPSA) is 72.9 Å². The first-order valence-corrected chi connectivity index (χ1v) is 5.22. The summed E-state index contributed by atoms with van der Waals surface area (Å²) < 4.78 is 1.56. The molecule has 1 heterocycles. The van der Waals surface area contributed by atoms with Gasteiger partial charge in [0.1, 0.15) is 0 Å². The number of hydrogen-bond acceptors (Lipinski definition) is 3. The monoisotopic (exact) mass is 210 g/mol. The Kier molecular flexibility index (Phi) is 4.15. The molecule has 5 nitrogen and oxygen atoms in total. The summed E-state index contributed by atoms with van der Waals surface area (Å²) in [4.78, 5) is 11.5. The van der Waals surface area contributed by atoms with Gasteiger partial charge in [-0.1, -0.05) is 19.8 Å². The van der Waals surface area contributed by atoms with E-state index in [0.29, 0.717) is 17.9 Å². The SMILES string of the molecule is CCCCCC(=O)Nc1c(N)cnn1C. The zero-order valence-electron chi connectivity index (χ0n) is 9.29. The molecule has 0 aromatic carbocycles. The number of nitrogens with two attached hydrogens (primary N) is 1. The van der Waals surface area contributed by atoms with Crippen LogP contribution in [0.2, 0.25) is 0 Å². The number of aromatic nitrogens is 2. The molecule has 1 amide bonds. The quantitative estimate of drug-likeness (QED) is 0.724. The molecular formula is C10H18N4O. The van der Waals surface area contributed by atoms with Crippen LogP contribution >= 0.6 is 0 Å². The Labute approximate surface area is 89.6 Å². The molecule has 0 aliphatic carbocycles. The van der Waals surface area contributed by atoms with Gasteiger partial charge in [-0.3, -0.25) is 9.48 Å². The number of nitrogen functional groups attached to an aromatic ring is 1. The number of rotatable bonds is 5. The number of anilines is 2. The van der Waals surface area contributed by atoms with E-state index in [1.165, 1.54) is 6.20 Å². The van der Waals surface area contributed by atoms with Gasteiger partial charge >= 0.3 is 0 Å². The Hall–Kier alpha value is -1.52. The van der Waals surface area contributed by atoms with Gasteiger partial charge in [0.05, 0.1) is 11.9 Å². The third-order valence-electron chi connectivity index (χ3n) is 2.23. The number of hydrogen-bond donors (Lipinski definition) is 2. The molecule has 1 aromatic heterocycles. The van der Waals surface area contributed by atoms with Crippen LogP contribution in [0.1, 0.15) is 32.6 Å². The summed E-state index contributed by atoms with van der Waals surface area (Å²) in [5, 5.41) is 6.70. The highest BCUT2D eigenvalue weighted by Gasteiger charge is 2.08. The molecule has 0 atom stereocenters. The minimum atomic E-state index is -0.00116. The highest BCUT2D eigenvalue weighted by atomic mass is 16.1. The largest absolute Gasteiger partial charge is 0.394 e. The van der Waals surface area contributed by atoms with E-state index in [1.54, 1.807) is 11.7 Å². The zero-order valence-corrected chi connectivity index (χ0v) is 9.29. The normalized spacial score (nSPS) is 10.3. The molecule has 0 unspecified atom stereocenters. The lowest BCUT2D eigenvalue weighted by Gasteiger charge is -2.05. The van der Waals surface area contributed by atoms with Gasteiger partial charge < -0.3 is 11.1 Å². The van der Waals surface area contributed by atoms with E-state index in [-0.39, 0.29) is 5.91 Å². The van der Waals surface area contributed by atoms with E-state index in [4.69, 9.17) is 5.73 Å². The van der Waals surface area contributed by atoms with Gasteiger partial charge in [0.25, 0.3) is 0 Å². The zero-order chi connectivity index (χ0) is 11.3.